The Morgan fingerprint density at radius 2 is 1.62 bits per heavy atom. The number of aliphatic hydroxyl groups is 1. The third kappa shape index (κ3) is 10.2. The van der Waals surface area contributed by atoms with Crippen LogP contribution in [0.5, 0.6) is 0 Å². The van der Waals surface area contributed by atoms with Crippen LogP contribution in [0.2, 0.25) is 0 Å². The monoisotopic (exact) mass is 441 g/mol. The number of ether oxygens (including phenoxy) is 2. The summed E-state index contributed by atoms with van der Waals surface area (Å²) in [6.07, 6.45) is -0.0716. The predicted octanol–water partition coefficient (Wildman–Crippen LogP) is 3.57. The van der Waals surface area contributed by atoms with Gasteiger partial charge in [0.25, 0.3) is 0 Å². The highest BCUT2D eigenvalue weighted by Gasteiger charge is 2.22. The van der Waals surface area contributed by atoms with Crippen LogP contribution in [0.4, 0.5) is 0 Å². The van der Waals surface area contributed by atoms with Gasteiger partial charge >= 0.3 is 5.97 Å². The number of benzene rings is 2. The Labute approximate surface area is 190 Å². The number of Topliss-reactive ketones (excluding diaryl/α,β-unsaturated/α-hetero) is 1. The van der Waals surface area contributed by atoms with E-state index in [1.165, 1.54) is 0 Å². The first-order valence-electron chi connectivity index (χ1n) is 11.1. The van der Waals surface area contributed by atoms with Crippen molar-refractivity contribution >= 4 is 11.8 Å². The van der Waals surface area contributed by atoms with Gasteiger partial charge in [0.15, 0.2) is 5.78 Å². The molecule has 2 N–H and O–H groups in total. The van der Waals surface area contributed by atoms with Crippen molar-refractivity contribution < 1.29 is 24.2 Å². The maximum absolute atomic E-state index is 13.0. The number of esters is 1. The molecule has 2 rings (SSSR count). The van der Waals surface area contributed by atoms with Crippen molar-refractivity contribution in [1.29, 1.82) is 0 Å². The zero-order chi connectivity index (χ0) is 23.4. The van der Waals surface area contributed by atoms with E-state index in [2.05, 4.69) is 5.32 Å². The lowest BCUT2D eigenvalue weighted by Crippen LogP contribution is -2.35. The lowest BCUT2D eigenvalue weighted by atomic mass is 10.00. The summed E-state index contributed by atoms with van der Waals surface area (Å²) in [7, 11) is 0. The summed E-state index contributed by atoms with van der Waals surface area (Å²) in [5.74, 6) is -0.335. The second kappa shape index (κ2) is 13.1. The summed E-state index contributed by atoms with van der Waals surface area (Å²) in [6.45, 7) is 6.45. The van der Waals surface area contributed by atoms with Crippen LogP contribution in [0.3, 0.4) is 0 Å². The summed E-state index contributed by atoms with van der Waals surface area (Å²) >= 11 is 0. The van der Waals surface area contributed by atoms with Crippen LogP contribution < -0.4 is 5.32 Å². The van der Waals surface area contributed by atoms with E-state index in [-0.39, 0.29) is 18.4 Å². The standard InChI is InChI=1S/C26H35NO5/c1-26(2,3)32-24(29)15-10-16-27-18-22(28)19-31-23(17-20-11-6-4-7-12-20)25(30)21-13-8-5-9-14-21/h4-9,11-14,22-23,27-28H,10,15-19H2,1-3H3. The van der Waals surface area contributed by atoms with Crippen molar-refractivity contribution in [3.8, 4) is 0 Å². The van der Waals surface area contributed by atoms with Gasteiger partial charge in [-0.2, -0.15) is 0 Å². The van der Waals surface area contributed by atoms with E-state index in [9.17, 15) is 14.7 Å². The summed E-state index contributed by atoms with van der Waals surface area (Å²) in [4.78, 5) is 24.7. The average molecular weight is 442 g/mol. The molecular weight excluding hydrogens is 406 g/mol. The van der Waals surface area contributed by atoms with Crippen LogP contribution in [-0.2, 0) is 20.7 Å². The Kier molecular flexibility index (Phi) is 10.5. The van der Waals surface area contributed by atoms with E-state index in [4.69, 9.17) is 9.47 Å². The Morgan fingerprint density at radius 1 is 1.00 bits per heavy atom. The van der Waals surface area contributed by atoms with Crippen molar-refractivity contribution in [3.63, 3.8) is 0 Å². The molecule has 0 spiro atoms. The minimum Gasteiger partial charge on any atom is -0.460 e. The molecule has 0 amide bonds. The number of hydrogen-bond donors (Lipinski definition) is 2. The number of hydrogen-bond acceptors (Lipinski definition) is 6. The third-order valence-corrected chi connectivity index (χ3v) is 4.64. The van der Waals surface area contributed by atoms with Gasteiger partial charge in [0.1, 0.15) is 11.7 Å². The lowest BCUT2D eigenvalue weighted by molar-refractivity contribution is -0.154. The van der Waals surface area contributed by atoms with Crippen LogP contribution in [0, 0.1) is 0 Å². The molecule has 2 unspecified atom stereocenters. The van der Waals surface area contributed by atoms with E-state index in [1.54, 1.807) is 12.1 Å². The molecule has 0 aliphatic heterocycles. The van der Waals surface area contributed by atoms with Crippen molar-refractivity contribution in [1.82, 2.24) is 5.32 Å². The highest BCUT2D eigenvalue weighted by atomic mass is 16.6. The minimum atomic E-state index is -0.765. The van der Waals surface area contributed by atoms with Gasteiger partial charge in [-0.1, -0.05) is 60.7 Å². The van der Waals surface area contributed by atoms with Crippen LogP contribution >= 0.6 is 0 Å². The molecule has 32 heavy (non-hydrogen) atoms. The van der Waals surface area contributed by atoms with Gasteiger partial charge in [-0.15, -0.1) is 0 Å². The Hall–Kier alpha value is -2.54. The van der Waals surface area contributed by atoms with Crippen LogP contribution in [0.1, 0.15) is 49.5 Å². The van der Waals surface area contributed by atoms with Gasteiger partial charge in [0, 0.05) is 24.9 Å². The average Bonchev–Trinajstić information content (AvgIpc) is 2.76. The molecule has 0 aliphatic rings. The van der Waals surface area contributed by atoms with Gasteiger partial charge in [-0.25, -0.2) is 0 Å². The van der Waals surface area contributed by atoms with Crippen LogP contribution in [0.15, 0.2) is 60.7 Å². The molecule has 2 atom stereocenters. The van der Waals surface area contributed by atoms with E-state index >= 15 is 0 Å². The van der Waals surface area contributed by atoms with Gasteiger partial charge in [-0.05, 0) is 39.3 Å². The van der Waals surface area contributed by atoms with Gasteiger partial charge in [0.2, 0.25) is 0 Å². The fraction of sp³-hybridized carbons (Fsp3) is 0.462. The Bertz CT molecular complexity index is 817. The molecule has 0 fully saturated rings. The fourth-order valence-corrected chi connectivity index (χ4v) is 3.15. The smallest absolute Gasteiger partial charge is 0.306 e. The fourth-order valence-electron chi connectivity index (χ4n) is 3.15. The predicted molar refractivity (Wildman–Crippen MR) is 125 cm³/mol. The molecule has 0 aliphatic carbocycles. The van der Waals surface area contributed by atoms with Crippen molar-refractivity contribution in [3.05, 3.63) is 71.8 Å². The first-order chi connectivity index (χ1) is 15.2. The normalized spacial score (nSPS) is 13.4. The maximum atomic E-state index is 13.0. The highest BCUT2D eigenvalue weighted by Crippen LogP contribution is 2.13. The van der Waals surface area contributed by atoms with E-state index < -0.39 is 17.8 Å². The number of rotatable bonds is 13. The zero-order valence-corrected chi connectivity index (χ0v) is 19.3. The molecule has 2 aromatic carbocycles. The number of nitrogens with one attached hydrogen (secondary N) is 1. The number of carbonyl (C=O) groups is 2. The number of carbonyl (C=O) groups excluding carboxylic acids is 2. The molecule has 0 saturated carbocycles. The first kappa shape index (κ1) is 25.7. The van der Waals surface area contributed by atoms with Crippen LogP contribution in [-0.4, -0.2) is 54.4 Å². The molecule has 6 heteroatoms. The summed E-state index contributed by atoms with van der Waals surface area (Å²) in [6, 6.07) is 18.7. The molecule has 174 valence electrons. The zero-order valence-electron chi connectivity index (χ0n) is 19.3. The van der Waals surface area contributed by atoms with E-state index in [0.717, 1.165) is 5.56 Å². The molecule has 0 heterocycles. The largest absolute Gasteiger partial charge is 0.460 e. The van der Waals surface area contributed by atoms with Crippen molar-refractivity contribution in [2.75, 3.05) is 19.7 Å². The Balaban J connectivity index is 1.78. The molecule has 0 bridgehead atoms. The SMILES string of the molecule is CC(C)(C)OC(=O)CCCNCC(O)COC(Cc1ccccc1)C(=O)c1ccccc1. The lowest BCUT2D eigenvalue weighted by Gasteiger charge is -2.20. The highest BCUT2D eigenvalue weighted by molar-refractivity contribution is 5.99. The van der Waals surface area contributed by atoms with E-state index in [1.807, 2.05) is 69.3 Å². The molecule has 0 radical (unpaired) electrons. The first-order valence-corrected chi connectivity index (χ1v) is 11.1. The van der Waals surface area contributed by atoms with Gasteiger partial charge < -0.3 is 19.9 Å². The van der Waals surface area contributed by atoms with Gasteiger partial charge in [-0.3, -0.25) is 9.59 Å². The quantitative estimate of drug-likeness (QED) is 0.281. The number of aliphatic hydroxyl groups excluding tert-OH is 1. The summed E-state index contributed by atoms with van der Waals surface area (Å²) < 4.78 is 11.1. The third-order valence-electron chi connectivity index (χ3n) is 4.64. The second-order valence-electron chi connectivity index (χ2n) is 8.79. The molecular formula is C26H35NO5. The second-order valence-corrected chi connectivity index (χ2v) is 8.79. The van der Waals surface area contributed by atoms with Crippen molar-refractivity contribution in [2.24, 2.45) is 0 Å². The summed E-state index contributed by atoms with van der Waals surface area (Å²) in [5.41, 5.74) is 1.10. The van der Waals surface area contributed by atoms with Crippen molar-refractivity contribution in [2.45, 2.75) is 57.8 Å². The number of ketones is 1. The Morgan fingerprint density at radius 3 is 2.25 bits per heavy atom. The molecule has 0 aromatic heterocycles. The minimum absolute atomic E-state index is 0.0368. The molecule has 0 saturated heterocycles. The topological polar surface area (TPSA) is 84.9 Å². The summed E-state index contributed by atoms with van der Waals surface area (Å²) in [5, 5.41) is 13.4. The van der Waals surface area contributed by atoms with Crippen LogP contribution in [0.25, 0.3) is 0 Å². The molecule has 6 nitrogen and oxygen atoms in total. The molecule has 2 aromatic rings. The maximum Gasteiger partial charge on any atom is 0.306 e. The van der Waals surface area contributed by atoms with Gasteiger partial charge in [0.05, 0.1) is 12.7 Å². The van der Waals surface area contributed by atoms with E-state index in [0.29, 0.717) is 37.9 Å².